The predicted octanol–water partition coefficient (Wildman–Crippen LogP) is 2.97. The molecule has 0 spiro atoms. The second-order valence-electron chi connectivity index (χ2n) is 4.97. The summed E-state index contributed by atoms with van der Waals surface area (Å²) in [4.78, 5) is 6.57. The second-order valence-corrected chi connectivity index (χ2v) is 5.69. The summed E-state index contributed by atoms with van der Waals surface area (Å²) in [5, 5.41) is 2.10. The molecule has 0 saturated carbocycles. The Bertz CT molecular complexity index is 496. The molecule has 0 bridgehead atoms. The molecule has 1 unspecified atom stereocenters. The molecule has 1 heterocycles. The highest BCUT2D eigenvalue weighted by Crippen LogP contribution is 2.18. The van der Waals surface area contributed by atoms with Gasteiger partial charge in [0.25, 0.3) is 0 Å². The van der Waals surface area contributed by atoms with E-state index in [1.807, 2.05) is 5.51 Å². The van der Waals surface area contributed by atoms with Crippen LogP contribution in [0.3, 0.4) is 0 Å². The van der Waals surface area contributed by atoms with Gasteiger partial charge in [0.2, 0.25) is 0 Å². The zero-order valence-electron chi connectivity index (χ0n) is 11.5. The van der Waals surface area contributed by atoms with Crippen LogP contribution in [0, 0.1) is 6.92 Å². The van der Waals surface area contributed by atoms with Gasteiger partial charge < -0.3 is 10.6 Å². The first-order valence-corrected chi connectivity index (χ1v) is 7.48. The largest absolute Gasteiger partial charge is 0.324 e. The molecule has 1 aromatic carbocycles. The maximum atomic E-state index is 6.28. The van der Waals surface area contributed by atoms with E-state index in [2.05, 4.69) is 53.5 Å². The highest BCUT2D eigenvalue weighted by molar-refractivity contribution is 7.07. The number of rotatable bonds is 6. The molecule has 4 heteroatoms. The van der Waals surface area contributed by atoms with E-state index in [4.69, 9.17) is 5.73 Å². The van der Waals surface area contributed by atoms with E-state index >= 15 is 0 Å². The highest BCUT2D eigenvalue weighted by atomic mass is 32.1. The summed E-state index contributed by atoms with van der Waals surface area (Å²) in [6.45, 7) is 3.99. The Morgan fingerprint density at radius 3 is 2.84 bits per heavy atom. The summed E-state index contributed by atoms with van der Waals surface area (Å²) in [7, 11) is 2.11. The van der Waals surface area contributed by atoms with Crippen molar-refractivity contribution < 1.29 is 0 Å². The van der Waals surface area contributed by atoms with Gasteiger partial charge in [-0.1, -0.05) is 24.3 Å². The van der Waals surface area contributed by atoms with E-state index in [1.165, 1.54) is 11.1 Å². The molecule has 2 N–H and O–H groups in total. The van der Waals surface area contributed by atoms with Gasteiger partial charge in [0.1, 0.15) is 0 Å². The van der Waals surface area contributed by atoms with Crippen molar-refractivity contribution in [1.82, 2.24) is 9.88 Å². The molecule has 102 valence electrons. The summed E-state index contributed by atoms with van der Waals surface area (Å²) < 4.78 is 0. The molecule has 0 amide bonds. The third kappa shape index (κ3) is 4.13. The maximum Gasteiger partial charge on any atom is 0.0795 e. The smallest absolute Gasteiger partial charge is 0.0795 e. The normalized spacial score (nSPS) is 12.8. The predicted molar refractivity (Wildman–Crippen MR) is 81.2 cm³/mol. The standard InChI is InChI=1S/C15H21N3S/c1-12-5-3-4-6-14(12)15(16)7-8-18(2)9-13-10-19-11-17-13/h3-6,10-11,15H,7-9,16H2,1-2H3. The zero-order valence-corrected chi connectivity index (χ0v) is 12.4. The van der Waals surface area contributed by atoms with Gasteiger partial charge in [-0.05, 0) is 31.5 Å². The van der Waals surface area contributed by atoms with Gasteiger partial charge in [-0.15, -0.1) is 11.3 Å². The van der Waals surface area contributed by atoms with Crippen LogP contribution in [0.1, 0.15) is 29.3 Å². The third-order valence-electron chi connectivity index (χ3n) is 3.33. The molecule has 0 aliphatic rings. The molecule has 0 radical (unpaired) electrons. The van der Waals surface area contributed by atoms with Crippen LogP contribution < -0.4 is 5.73 Å². The first-order chi connectivity index (χ1) is 9.16. The van der Waals surface area contributed by atoms with Crippen LogP contribution >= 0.6 is 11.3 Å². The second kappa shape index (κ2) is 6.80. The fraction of sp³-hybridized carbons (Fsp3) is 0.400. The van der Waals surface area contributed by atoms with E-state index in [1.54, 1.807) is 11.3 Å². The molecule has 2 rings (SSSR count). The van der Waals surface area contributed by atoms with Crippen LogP contribution in [0.15, 0.2) is 35.2 Å². The minimum Gasteiger partial charge on any atom is -0.324 e. The van der Waals surface area contributed by atoms with Gasteiger partial charge >= 0.3 is 0 Å². The summed E-state index contributed by atoms with van der Waals surface area (Å²) in [5.74, 6) is 0. The first kappa shape index (κ1) is 14.2. The Hall–Kier alpha value is -1.23. The number of aromatic nitrogens is 1. The van der Waals surface area contributed by atoms with Gasteiger partial charge in [-0.3, -0.25) is 0 Å². The molecule has 1 aromatic heterocycles. The lowest BCUT2D eigenvalue weighted by atomic mass is 9.99. The third-order valence-corrected chi connectivity index (χ3v) is 3.96. The summed E-state index contributed by atoms with van der Waals surface area (Å²) in [6, 6.07) is 8.47. The lowest BCUT2D eigenvalue weighted by Crippen LogP contribution is -2.23. The van der Waals surface area contributed by atoms with Gasteiger partial charge in [0.15, 0.2) is 0 Å². The number of thiazole rings is 1. The Labute approximate surface area is 119 Å². The van der Waals surface area contributed by atoms with Crippen LogP contribution in [0.4, 0.5) is 0 Å². The molecule has 2 aromatic rings. The number of hydrogen-bond donors (Lipinski definition) is 1. The van der Waals surface area contributed by atoms with Crippen molar-refractivity contribution in [3.8, 4) is 0 Å². The molecule has 0 saturated heterocycles. The van der Waals surface area contributed by atoms with Crippen molar-refractivity contribution in [3.63, 3.8) is 0 Å². The Kier molecular flexibility index (Phi) is 5.07. The minimum atomic E-state index is 0.110. The van der Waals surface area contributed by atoms with E-state index in [0.717, 1.165) is 25.2 Å². The van der Waals surface area contributed by atoms with Crippen molar-refractivity contribution in [2.75, 3.05) is 13.6 Å². The fourth-order valence-electron chi connectivity index (χ4n) is 2.19. The quantitative estimate of drug-likeness (QED) is 0.881. The Morgan fingerprint density at radius 2 is 2.16 bits per heavy atom. The summed E-state index contributed by atoms with van der Waals surface area (Å²) in [5.41, 5.74) is 11.8. The number of benzene rings is 1. The Balaban J connectivity index is 1.83. The maximum absolute atomic E-state index is 6.28. The monoisotopic (exact) mass is 275 g/mol. The van der Waals surface area contributed by atoms with Gasteiger partial charge in [0.05, 0.1) is 11.2 Å². The van der Waals surface area contributed by atoms with Crippen molar-refractivity contribution in [2.24, 2.45) is 5.73 Å². The topological polar surface area (TPSA) is 42.1 Å². The molecule has 3 nitrogen and oxygen atoms in total. The van der Waals surface area contributed by atoms with E-state index in [-0.39, 0.29) is 6.04 Å². The van der Waals surface area contributed by atoms with Crippen LogP contribution in [0.25, 0.3) is 0 Å². The van der Waals surface area contributed by atoms with E-state index in [0.29, 0.717) is 0 Å². The van der Waals surface area contributed by atoms with Gasteiger partial charge in [0, 0.05) is 24.5 Å². The summed E-state index contributed by atoms with van der Waals surface area (Å²) in [6.07, 6.45) is 0.964. The Morgan fingerprint density at radius 1 is 1.37 bits per heavy atom. The molecule has 0 fully saturated rings. The SMILES string of the molecule is Cc1ccccc1C(N)CCN(C)Cc1cscn1. The van der Waals surface area contributed by atoms with Gasteiger partial charge in [-0.2, -0.15) is 0 Å². The van der Waals surface area contributed by atoms with Crippen LogP contribution in [-0.2, 0) is 6.54 Å². The van der Waals surface area contributed by atoms with Crippen molar-refractivity contribution >= 4 is 11.3 Å². The molecular formula is C15H21N3S. The van der Waals surface area contributed by atoms with Crippen LogP contribution in [0.2, 0.25) is 0 Å². The summed E-state index contributed by atoms with van der Waals surface area (Å²) >= 11 is 1.64. The van der Waals surface area contributed by atoms with Crippen LogP contribution in [0.5, 0.6) is 0 Å². The van der Waals surface area contributed by atoms with Gasteiger partial charge in [-0.25, -0.2) is 4.98 Å². The van der Waals surface area contributed by atoms with Crippen LogP contribution in [-0.4, -0.2) is 23.5 Å². The lowest BCUT2D eigenvalue weighted by Gasteiger charge is -2.19. The number of nitrogens with zero attached hydrogens (tertiary/aromatic N) is 2. The minimum absolute atomic E-state index is 0.110. The van der Waals surface area contributed by atoms with Crippen molar-refractivity contribution in [1.29, 1.82) is 0 Å². The molecule has 1 atom stereocenters. The number of aryl methyl sites for hydroxylation is 1. The average molecular weight is 275 g/mol. The van der Waals surface area contributed by atoms with E-state index < -0.39 is 0 Å². The number of nitrogens with two attached hydrogens (primary N) is 1. The van der Waals surface area contributed by atoms with Crippen molar-refractivity contribution in [3.05, 3.63) is 52.0 Å². The van der Waals surface area contributed by atoms with E-state index in [9.17, 15) is 0 Å². The fourth-order valence-corrected chi connectivity index (χ4v) is 2.74. The first-order valence-electron chi connectivity index (χ1n) is 6.53. The average Bonchev–Trinajstić information content (AvgIpc) is 2.89. The number of hydrogen-bond acceptors (Lipinski definition) is 4. The zero-order chi connectivity index (χ0) is 13.7. The molecule has 19 heavy (non-hydrogen) atoms. The van der Waals surface area contributed by atoms with Crippen molar-refractivity contribution in [2.45, 2.75) is 25.9 Å². The lowest BCUT2D eigenvalue weighted by molar-refractivity contribution is 0.308. The highest BCUT2D eigenvalue weighted by Gasteiger charge is 2.10. The molecule has 0 aliphatic heterocycles. The molecular weight excluding hydrogens is 254 g/mol. The molecule has 0 aliphatic carbocycles.